The second kappa shape index (κ2) is 6.20. The van der Waals surface area contributed by atoms with Crippen LogP contribution < -0.4 is 0 Å². The van der Waals surface area contributed by atoms with Gasteiger partial charge in [-0.05, 0) is 32.3 Å². The molecule has 0 aromatic heterocycles. The number of aryl methyl sites for hydroxylation is 2. The average molecular weight is 261 g/mol. The molecule has 1 heterocycles. The van der Waals surface area contributed by atoms with Crippen LogP contribution in [0.15, 0.2) is 24.3 Å². The van der Waals surface area contributed by atoms with Crippen molar-refractivity contribution in [3.05, 3.63) is 35.4 Å². The largest absolute Gasteiger partial charge is 0.393 e. The van der Waals surface area contributed by atoms with Crippen LogP contribution in [0, 0.1) is 12.8 Å². The van der Waals surface area contributed by atoms with Gasteiger partial charge in [0, 0.05) is 25.4 Å². The van der Waals surface area contributed by atoms with E-state index in [2.05, 4.69) is 31.2 Å². The number of aliphatic hydroxyl groups is 1. The Labute approximate surface area is 115 Å². The third kappa shape index (κ3) is 3.80. The minimum atomic E-state index is -0.310. The summed E-state index contributed by atoms with van der Waals surface area (Å²) in [5.41, 5.74) is 2.46. The summed E-state index contributed by atoms with van der Waals surface area (Å²) >= 11 is 0. The van der Waals surface area contributed by atoms with E-state index in [4.69, 9.17) is 0 Å². The van der Waals surface area contributed by atoms with Gasteiger partial charge in [-0.1, -0.05) is 29.8 Å². The fourth-order valence-electron chi connectivity index (χ4n) is 2.57. The van der Waals surface area contributed by atoms with Gasteiger partial charge in [0.25, 0.3) is 0 Å². The van der Waals surface area contributed by atoms with Crippen molar-refractivity contribution >= 4 is 5.91 Å². The summed E-state index contributed by atoms with van der Waals surface area (Å²) in [7, 11) is 0. The second-order valence-corrected chi connectivity index (χ2v) is 5.61. The number of likely N-dealkylation sites (tertiary alicyclic amines) is 1. The zero-order chi connectivity index (χ0) is 13.8. The Balaban J connectivity index is 1.80. The first-order valence-corrected chi connectivity index (χ1v) is 7.07. The van der Waals surface area contributed by atoms with Crippen LogP contribution >= 0.6 is 0 Å². The average Bonchev–Trinajstić information content (AvgIpc) is 2.87. The zero-order valence-electron chi connectivity index (χ0n) is 11.8. The predicted octanol–water partition coefficient (Wildman–Crippen LogP) is 2.16. The highest BCUT2D eigenvalue weighted by molar-refractivity contribution is 5.76. The first-order valence-electron chi connectivity index (χ1n) is 7.07. The number of rotatable bonds is 4. The van der Waals surface area contributed by atoms with Gasteiger partial charge in [-0.15, -0.1) is 0 Å². The molecule has 0 saturated carbocycles. The second-order valence-electron chi connectivity index (χ2n) is 5.61. The van der Waals surface area contributed by atoms with Crippen LogP contribution in [0.4, 0.5) is 0 Å². The van der Waals surface area contributed by atoms with Crippen molar-refractivity contribution in [1.29, 1.82) is 0 Å². The Bertz CT molecular complexity index is 425. The van der Waals surface area contributed by atoms with Gasteiger partial charge in [-0.2, -0.15) is 0 Å². The lowest BCUT2D eigenvalue weighted by molar-refractivity contribution is -0.130. The summed E-state index contributed by atoms with van der Waals surface area (Å²) in [6.07, 6.45) is 1.98. The summed E-state index contributed by atoms with van der Waals surface area (Å²) in [4.78, 5) is 14.0. The van der Waals surface area contributed by atoms with E-state index >= 15 is 0 Å². The zero-order valence-corrected chi connectivity index (χ0v) is 11.8. The highest BCUT2D eigenvalue weighted by Gasteiger charge is 2.28. The number of amides is 1. The Morgan fingerprint density at radius 3 is 2.68 bits per heavy atom. The Morgan fingerprint density at radius 2 is 2.11 bits per heavy atom. The maximum Gasteiger partial charge on any atom is 0.222 e. The van der Waals surface area contributed by atoms with Gasteiger partial charge in [-0.3, -0.25) is 4.79 Å². The molecule has 1 saturated heterocycles. The molecule has 2 rings (SSSR count). The molecule has 1 fully saturated rings. The molecular weight excluding hydrogens is 238 g/mol. The number of carbonyl (C=O) groups is 1. The molecule has 3 nitrogen and oxygen atoms in total. The van der Waals surface area contributed by atoms with Crippen LogP contribution in [0.1, 0.15) is 30.9 Å². The van der Waals surface area contributed by atoms with Crippen molar-refractivity contribution in [2.45, 2.75) is 39.2 Å². The van der Waals surface area contributed by atoms with E-state index in [-0.39, 0.29) is 17.9 Å². The maximum atomic E-state index is 12.1. The molecule has 0 radical (unpaired) electrons. The monoisotopic (exact) mass is 261 g/mol. The third-order valence-electron chi connectivity index (χ3n) is 4.01. The first-order chi connectivity index (χ1) is 9.06. The van der Waals surface area contributed by atoms with Gasteiger partial charge < -0.3 is 10.0 Å². The van der Waals surface area contributed by atoms with Crippen LogP contribution in [0.25, 0.3) is 0 Å². The van der Waals surface area contributed by atoms with E-state index < -0.39 is 0 Å². The molecule has 2 atom stereocenters. The molecule has 0 spiro atoms. The highest BCUT2D eigenvalue weighted by Crippen LogP contribution is 2.20. The van der Waals surface area contributed by atoms with E-state index in [1.54, 1.807) is 0 Å². The lowest BCUT2D eigenvalue weighted by atomic mass is 10.0. The molecule has 1 N–H and O–H groups in total. The SMILES string of the molecule is Cc1ccc(CCC(=O)N2CCC(C(C)O)C2)cc1. The number of nitrogens with zero attached hydrogens (tertiary/aromatic N) is 1. The molecule has 3 heteroatoms. The summed E-state index contributed by atoms with van der Waals surface area (Å²) in [6, 6.07) is 8.34. The summed E-state index contributed by atoms with van der Waals surface area (Å²) in [5.74, 6) is 0.465. The fourth-order valence-corrected chi connectivity index (χ4v) is 2.57. The molecule has 1 aliphatic rings. The van der Waals surface area contributed by atoms with E-state index in [9.17, 15) is 9.90 Å². The normalized spacial score (nSPS) is 20.6. The number of carbonyl (C=O) groups excluding carboxylic acids is 1. The minimum Gasteiger partial charge on any atom is -0.393 e. The third-order valence-corrected chi connectivity index (χ3v) is 4.01. The number of benzene rings is 1. The van der Waals surface area contributed by atoms with Crippen molar-refractivity contribution in [3.8, 4) is 0 Å². The molecule has 1 aromatic rings. The highest BCUT2D eigenvalue weighted by atomic mass is 16.3. The quantitative estimate of drug-likeness (QED) is 0.902. The summed E-state index contributed by atoms with van der Waals surface area (Å²) in [5, 5.41) is 9.55. The van der Waals surface area contributed by atoms with Crippen LogP contribution in [-0.4, -0.2) is 35.1 Å². The molecule has 1 amide bonds. The van der Waals surface area contributed by atoms with E-state index in [0.717, 1.165) is 19.4 Å². The fraction of sp³-hybridized carbons (Fsp3) is 0.562. The molecule has 0 aliphatic carbocycles. The topological polar surface area (TPSA) is 40.5 Å². The van der Waals surface area contributed by atoms with Gasteiger partial charge >= 0.3 is 0 Å². The number of hydrogen-bond acceptors (Lipinski definition) is 2. The molecule has 104 valence electrons. The van der Waals surface area contributed by atoms with Gasteiger partial charge in [0.1, 0.15) is 0 Å². The van der Waals surface area contributed by atoms with Crippen molar-refractivity contribution in [2.24, 2.45) is 5.92 Å². The molecule has 19 heavy (non-hydrogen) atoms. The first kappa shape index (κ1) is 14.1. The van der Waals surface area contributed by atoms with Crippen molar-refractivity contribution < 1.29 is 9.90 Å². The van der Waals surface area contributed by atoms with E-state index in [1.165, 1.54) is 11.1 Å². The predicted molar refractivity (Wildman–Crippen MR) is 75.9 cm³/mol. The molecule has 0 bridgehead atoms. The Kier molecular flexibility index (Phi) is 4.59. The van der Waals surface area contributed by atoms with Crippen molar-refractivity contribution in [1.82, 2.24) is 4.90 Å². The van der Waals surface area contributed by atoms with Crippen molar-refractivity contribution in [2.75, 3.05) is 13.1 Å². The lowest BCUT2D eigenvalue weighted by Gasteiger charge is -2.17. The van der Waals surface area contributed by atoms with Gasteiger partial charge in [0.2, 0.25) is 5.91 Å². The van der Waals surface area contributed by atoms with Crippen molar-refractivity contribution in [3.63, 3.8) is 0 Å². The van der Waals surface area contributed by atoms with Crippen LogP contribution in [-0.2, 0) is 11.2 Å². The van der Waals surface area contributed by atoms with E-state index in [0.29, 0.717) is 13.0 Å². The number of hydrogen-bond donors (Lipinski definition) is 1. The smallest absolute Gasteiger partial charge is 0.222 e. The van der Waals surface area contributed by atoms with Crippen LogP contribution in [0.3, 0.4) is 0 Å². The Morgan fingerprint density at radius 1 is 1.42 bits per heavy atom. The summed E-state index contributed by atoms with van der Waals surface area (Å²) < 4.78 is 0. The lowest BCUT2D eigenvalue weighted by Crippen LogP contribution is -2.30. The maximum absolute atomic E-state index is 12.1. The standard InChI is InChI=1S/C16H23NO2/c1-12-3-5-14(6-4-12)7-8-16(19)17-10-9-15(11-17)13(2)18/h3-6,13,15,18H,7-11H2,1-2H3. The Hall–Kier alpha value is -1.35. The van der Waals surface area contributed by atoms with Crippen LogP contribution in [0.5, 0.6) is 0 Å². The molecule has 1 aromatic carbocycles. The molecule has 2 unspecified atom stereocenters. The van der Waals surface area contributed by atoms with Gasteiger partial charge in [0.15, 0.2) is 0 Å². The van der Waals surface area contributed by atoms with E-state index in [1.807, 2.05) is 11.8 Å². The molecule has 1 aliphatic heterocycles. The van der Waals surface area contributed by atoms with Gasteiger partial charge in [0.05, 0.1) is 6.10 Å². The number of aliphatic hydroxyl groups excluding tert-OH is 1. The molecular formula is C16H23NO2. The minimum absolute atomic E-state index is 0.212. The van der Waals surface area contributed by atoms with Gasteiger partial charge in [-0.25, -0.2) is 0 Å². The van der Waals surface area contributed by atoms with Crippen LogP contribution in [0.2, 0.25) is 0 Å². The summed E-state index contributed by atoms with van der Waals surface area (Å²) in [6.45, 7) is 5.38.